The van der Waals surface area contributed by atoms with E-state index in [0.717, 1.165) is 12.1 Å². The Balaban J connectivity index is 1.76. The van der Waals surface area contributed by atoms with Gasteiger partial charge in [0, 0.05) is 17.0 Å². The van der Waals surface area contributed by atoms with E-state index in [-0.39, 0.29) is 23.7 Å². The van der Waals surface area contributed by atoms with E-state index in [4.69, 9.17) is 9.15 Å². The zero-order valence-electron chi connectivity index (χ0n) is 16.2. The van der Waals surface area contributed by atoms with Crippen molar-refractivity contribution >= 4 is 28.3 Å². The van der Waals surface area contributed by atoms with Crippen LogP contribution in [0, 0.1) is 18.6 Å². The molecule has 4 rings (SSSR count). The first kappa shape index (κ1) is 19.1. The molecule has 0 spiro atoms. The first-order chi connectivity index (χ1) is 13.7. The van der Waals surface area contributed by atoms with Gasteiger partial charge in [-0.25, -0.2) is 8.78 Å². The molecule has 0 bridgehead atoms. The van der Waals surface area contributed by atoms with Crippen LogP contribution >= 0.6 is 0 Å². The molecule has 0 radical (unpaired) electrons. The fraction of sp³-hybridized carbons (Fsp3) is 0.273. The maximum Gasteiger partial charge on any atom is 0.291 e. The molecule has 0 aliphatic carbocycles. The molecule has 1 aliphatic heterocycles. The molecule has 1 amide bonds. The lowest BCUT2D eigenvalue weighted by Gasteiger charge is -2.34. The third-order valence-electron chi connectivity index (χ3n) is 5.36. The van der Waals surface area contributed by atoms with Crippen molar-refractivity contribution in [1.82, 2.24) is 0 Å². The van der Waals surface area contributed by atoms with Gasteiger partial charge in [0.1, 0.15) is 28.6 Å². The molecule has 0 saturated carbocycles. The summed E-state index contributed by atoms with van der Waals surface area (Å²) in [5.74, 6) is -2.01. The van der Waals surface area contributed by atoms with E-state index < -0.39 is 23.1 Å². The smallest absolute Gasteiger partial charge is 0.291 e. The highest BCUT2D eigenvalue weighted by atomic mass is 19.1. The van der Waals surface area contributed by atoms with Crippen LogP contribution in [-0.4, -0.2) is 17.3 Å². The number of hydrogen-bond acceptors (Lipinski definition) is 4. The lowest BCUT2D eigenvalue weighted by atomic mass is 9.87. The van der Waals surface area contributed by atoms with E-state index in [1.807, 2.05) is 13.8 Å². The van der Waals surface area contributed by atoms with Crippen molar-refractivity contribution < 1.29 is 27.5 Å². The van der Waals surface area contributed by atoms with Gasteiger partial charge >= 0.3 is 0 Å². The Labute approximate surface area is 165 Å². The Morgan fingerprint density at radius 1 is 1.24 bits per heavy atom. The lowest BCUT2D eigenvalue weighted by molar-refractivity contribution is 0.0503. The van der Waals surface area contributed by atoms with Gasteiger partial charge in [-0.1, -0.05) is 6.92 Å². The second kappa shape index (κ2) is 6.69. The van der Waals surface area contributed by atoms with E-state index in [1.54, 1.807) is 19.1 Å². The van der Waals surface area contributed by atoms with E-state index in [0.29, 0.717) is 40.3 Å². The number of rotatable bonds is 3. The summed E-state index contributed by atoms with van der Waals surface area (Å²) in [4.78, 5) is 25.5. The van der Waals surface area contributed by atoms with Crippen LogP contribution in [0.4, 0.5) is 14.5 Å². The van der Waals surface area contributed by atoms with Crippen LogP contribution in [-0.2, 0) is 0 Å². The second-order valence-electron chi connectivity index (χ2n) is 7.45. The van der Waals surface area contributed by atoms with E-state index in [1.165, 1.54) is 0 Å². The zero-order chi connectivity index (χ0) is 20.9. The molecule has 150 valence electrons. The van der Waals surface area contributed by atoms with E-state index >= 15 is 0 Å². The number of Topliss-reactive ketones (excluding diaryl/α,β-unsaturated/α-hetero) is 1. The molecule has 1 aromatic heterocycles. The Bertz CT molecular complexity index is 1170. The number of furan rings is 1. The predicted molar refractivity (Wildman–Crippen MR) is 104 cm³/mol. The van der Waals surface area contributed by atoms with Gasteiger partial charge in [-0.2, -0.15) is 0 Å². The number of benzene rings is 2. The average molecular weight is 399 g/mol. The summed E-state index contributed by atoms with van der Waals surface area (Å²) in [6.07, 6.45) is 0.903. The minimum Gasteiger partial charge on any atom is -0.486 e. The molecule has 0 unspecified atom stereocenters. The molecular weight excluding hydrogens is 380 g/mol. The molecule has 29 heavy (non-hydrogen) atoms. The molecule has 7 heteroatoms. The van der Waals surface area contributed by atoms with Crippen molar-refractivity contribution in [2.45, 2.75) is 39.2 Å². The molecular formula is C22H19F2NO4. The SMILES string of the molecule is CC[C@@]1(C)CC(=O)c2c(ccc3oc(C(=O)Nc4ccc(F)cc4F)c(C)c23)O1. The number of halogens is 2. The maximum atomic E-state index is 13.9. The van der Waals surface area contributed by atoms with Gasteiger partial charge in [0.2, 0.25) is 0 Å². The van der Waals surface area contributed by atoms with Crippen molar-refractivity contribution in [3.63, 3.8) is 0 Å². The minimum absolute atomic E-state index is 0.0475. The van der Waals surface area contributed by atoms with Crippen molar-refractivity contribution in [3.8, 4) is 5.75 Å². The van der Waals surface area contributed by atoms with Crippen LogP contribution in [0.15, 0.2) is 34.7 Å². The van der Waals surface area contributed by atoms with Gasteiger partial charge in [-0.3, -0.25) is 9.59 Å². The first-order valence-corrected chi connectivity index (χ1v) is 9.27. The highest BCUT2D eigenvalue weighted by Gasteiger charge is 2.37. The Kier molecular flexibility index (Phi) is 4.41. The van der Waals surface area contributed by atoms with Crippen LogP contribution in [0.3, 0.4) is 0 Å². The number of aryl methyl sites for hydroxylation is 1. The molecule has 2 heterocycles. The third kappa shape index (κ3) is 3.16. The fourth-order valence-corrected chi connectivity index (χ4v) is 3.60. The van der Waals surface area contributed by atoms with Crippen LogP contribution in [0.1, 0.15) is 53.2 Å². The molecule has 5 nitrogen and oxygen atoms in total. The number of ketones is 1. The monoisotopic (exact) mass is 399 g/mol. The summed E-state index contributed by atoms with van der Waals surface area (Å²) in [5.41, 5.74) is 0.463. The van der Waals surface area contributed by atoms with Crippen LogP contribution in [0.25, 0.3) is 11.0 Å². The molecule has 1 N–H and O–H groups in total. The largest absolute Gasteiger partial charge is 0.486 e. The predicted octanol–water partition coefficient (Wildman–Crippen LogP) is 5.41. The molecule has 2 aromatic carbocycles. The van der Waals surface area contributed by atoms with Gasteiger partial charge in [-0.15, -0.1) is 0 Å². The topological polar surface area (TPSA) is 68.5 Å². The van der Waals surface area contributed by atoms with Crippen LogP contribution in [0.5, 0.6) is 5.75 Å². The van der Waals surface area contributed by atoms with Gasteiger partial charge in [-0.05, 0) is 44.5 Å². The molecule has 1 atom stereocenters. The second-order valence-corrected chi connectivity index (χ2v) is 7.45. The Morgan fingerprint density at radius 3 is 2.69 bits per heavy atom. The lowest BCUT2D eigenvalue weighted by Crippen LogP contribution is -2.38. The van der Waals surface area contributed by atoms with Gasteiger partial charge < -0.3 is 14.5 Å². The maximum absolute atomic E-state index is 13.9. The fourth-order valence-electron chi connectivity index (χ4n) is 3.60. The zero-order valence-corrected chi connectivity index (χ0v) is 16.2. The third-order valence-corrected chi connectivity index (χ3v) is 5.36. The number of carbonyl (C=O) groups excluding carboxylic acids is 2. The summed E-state index contributed by atoms with van der Waals surface area (Å²) in [6.45, 7) is 5.50. The first-order valence-electron chi connectivity index (χ1n) is 9.27. The summed E-state index contributed by atoms with van der Waals surface area (Å²) in [7, 11) is 0. The number of anilines is 1. The van der Waals surface area contributed by atoms with Crippen LogP contribution < -0.4 is 10.1 Å². The summed E-state index contributed by atoms with van der Waals surface area (Å²) in [6, 6.07) is 6.16. The van der Waals surface area contributed by atoms with Gasteiger partial charge in [0.15, 0.2) is 11.5 Å². The summed E-state index contributed by atoms with van der Waals surface area (Å²) in [5, 5.41) is 2.89. The van der Waals surface area contributed by atoms with Crippen molar-refractivity contribution in [3.05, 3.63) is 58.9 Å². The number of nitrogens with one attached hydrogen (secondary N) is 1. The molecule has 0 fully saturated rings. The summed E-state index contributed by atoms with van der Waals surface area (Å²) < 4.78 is 38.7. The van der Waals surface area contributed by atoms with E-state index in [2.05, 4.69) is 5.32 Å². The normalized spacial score (nSPS) is 18.4. The molecule has 0 saturated heterocycles. The molecule has 3 aromatic rings. The van der Waals surface area contributed by atoms with E-state index in [9.17, 15) is 18.4 Å². The standard InChI is InChI=1S/C22H19F2NO4/c1-4-22(3)10-15(26)19-17(29-22)8-7-16-18(19)11(2)20(28-16)21(27)25-14-6-5-12(23)9-13(14)24/h5-9H,4,10H2,1-3H3,(H,25,27)/t22-/m0/s1. The van der Waals surface area contributed by atoms with Gasteiger partial charge in [0.05, 0.1) is 17.7 Å². The number of ether oxygens (including phenoxy) is 1. The quantitative estimate of drug-likeness (QED) is 0.640. The number of fused-ring (bicyclic) bond motifs is 3. The van der Waals surface area contributed by atoms with Crippen molar-refractivity contribution in [2.24, 2.45) is 0 Å². The Hall–Kier alpha value is -3.22. The summed E-state index contributed by atoms with van der Waals surface area (Å²) >= 11 is 0. The van der Waals surface area contributed by atoms with Crippen molar-refractivity contribution in [2.75, 3.05) is 5.32 Å². The highest BCUT2D eigenvalue weighted by molar-refractivity contribution is 6.14. The number of hydrogen-bond donors (Lipinski definition) is 1. The highest BCUT2D eigenvalue weighted by Crippen LogP contribution is 2.41. The molecule has 1 aliphatic rings. The number of carbonyl (C=O) groups is 2. The van der Waals surface area contributed by atoms with Gasteiger partial charge in [0.25, 0.3) is 5.91 Å². The average Bonchev–Trinajstić information content (AvgIpc) is 3.00. The van der Waals surface area contributed by atoms with Crippen LogP contribution in [0.2, 0.25) is 0 Å². The minimum atomic E-state index is -0.896. The Morgan fingerprint density at radius 2 is 2.00 bits per heavy atom. The number of amides is 1. The van der Waals surface area contributed by atoms with Crippen molar-refractivity contribution in [1.29, 1.82) is 0 Å².